The van der Waals surface area contributed by atoms with Crippen molar-refractivity contribution < 1.29 is 29.2 Å². The molecule has 3 fully saturated rings. The van der Waals surface area contributed by atoms with Crippen LogP contribution in [-0.4, -0.2) is 46.8 Å². The Morgan fingerprint density at radius 1 is 0.500 bits per heavy atom. The molecular weight excluding hydrogens is 336 g/mol. The van der Waals surface area contributed by atoms with E-state index in [1.165, 1.54) is 0 Å². The molecule has 8 atom stereocenters. The van der Waals surface area contributed by atoms with E-state index in [1.54, 1.807) is 0 Å². The van der Waals surface area contributed by atoms with Crippen molar-refractivity contribution >= 4 is 0 Å². The molecule has 0 aromatic heterocycles. The fourth-order valence-electron chi connectivity index (χ4n) is 3.95. The van der Waals surface area contributed by atoms with E-state index in [2.05, 4.69) is 0 Å². The van der Waals surface area contributed by atoms with Crippen LogP contribution in [-0.2, 0) is 18.9 Å². The Hall–Kier alpha value is -1.80. The molecule has 0 amide bonds. The molecule has 2 aromatic carbocycles. The van der Waals surface area contributed by atoms with Crippen LogP contribution in [0.2, 0.25) is 0 Å². The number of ether oxygens (including phenoxy) is 4. The number of benzene rings is 2. The molecule has 0 radical (unpaired) electrons. The summed E-state index contributed by atoms with van der Waals surface area (Å²) in [7, 11) is 0. The Labute approximate surface area is 150 Å². The van der Waals surface area contributed by atoms with E-state index in [-0.39, 0.29) is 0 Å². The first-order valence-corrected chi connectivity index (χ1v) is 8.80. The largest absolute Gasteiger partial charge is 0.387 e. The number of rotatable bonds is 2. The van der Waals surface area contributed by atoms with Crippen molar-refractivity contribution in [3.63, 3.8) is 0 Å². The van der Waals surface area contributed by atoms with Crippen molar-refractivity contribution in [3.05, 3.63) is 71.8 Å². The van der Waals surface area contributed by atoms with Crippen molar-refractivity contribution in [1.82, 2.24) is 0 Å². The lowest BCUT2D eigenvalue weighted by molar-refractivity contribution is -0.158. The fourth-order valence-corrected chi connectivity index (χ4v) is 3.95. The fraction of sp³-hybridized carbons (Fsp3) is 0.400. The van der Waals surface area contributed by atoms with Crippen molar-refractivity contribution in [1.29, 1.82) is 0 Å². The Bertz CT molecular complexity index is 688. The predicted octanol–water partition coefficient (Wildman–Crippen LogP) is 1.69. The molecule has 2 saturated heterocycles. The van der Waals surface area contributed by atoms with Crippen LogP contribution in [0.15, 0.2) is 60.7 Å². The lowest BCUT2D eigenvalue weighted by atomic mass is 9.85. The summed E-state index contributed by atoms with van der Waals surface area (Å²) in [4.78, 5) is 0. The number of hydrogen-bond donors (Lipinski definition) is 2. The van der Waals surface area contributed by atoms with Gasteiger partial charge in [0.25, 0.3) is 0 Å². The number of fused-ring (bicyclic) bond motifs is 3. The molecule has 0 bridgehead atoms. The first-order chi connectivity index (χ1) is 12.7. The summed E-state index contributed by atoms with van der Waals surface area (Å²) in [5.41, 5.74) is 1.72. The normalized spacial score (nSPS) is 41.6. The van der Waals surface area contributed by atoms with Crippen LogP contribution >= 0.6 is 0 Å². The highest BCUT2D eigenvalue weighted by Gasteiger charge is 2.60. The van der Waals surface area contributed by atoms with Gasteiger partial charge in [0.05, 0.1) is 0 Å². The summed E-state index contributed by atoms with van der Waals surface area (Å²) in [6.07, 6.45) is -5.79. The molecule has 0 unspecified atom stereocenters. The Morgan fingerprint density at radius 2 is 0.846 bits per heavy atom. The van der Waals surface area contributed by atoms with Crippen molar-refractivity contribution in [2.45, 2.75) is 49.2 Å². The van der Waals surface area contributed by atoms with Crippen LogP contribution in [0, 0.1) is 0 Å². The predicted molar refractivity (Wildman–Crippen MR) is 89.9 cm³/mol. The highest BCUT2D eigenvalue weighted by Crippen LogP contribution is 2.46. The van der Waals surface area contributed by atoms with Gasteiger partial charge in [0, 0.05) is 11.1 Å². The van der Waals surface area contributed by atoms with E-state index in [4.69, 9.17) is 18.9 Å². The van der Waals surface area contributed by atoms with Gasteiger partial charge >= 0.3 is 0 Å². The summed E-state index contributed by atoms with van der Waals surface area (Å²) in [5.74, 6) is 0. The molecule has 6 heteroatoms. The summed E-state index contributed by atoms with van der Waals surface area (Å²) < 4.78 is 24.0. The van der Waals surface area contributed by atoms with Crippen LogP contribution in [0.25, 0.3) is 0 Å². The summed E-state index contributed by atoms with van der Waals surface area (Å²) in [6, 6.07) is 19.1. The maximum absolute atomic E-state index is 10.5. The molecule has 0 spiro atoms. The van der Waals surface area contributed by atoms with E-state index in [9.17, 15) is 10.2 Å². The van der Waals surface area contributed by atoms with Gasteiger partial charge in [0.2, 0.25) is 0 Å². The summed E-state index contributed by atoms with van der Waals surface area (Å²) >= 11 is 0. The van der Waals surface area contributed by atoms with Crippen LogP contribution in [0.3, 0.4) is 0 Å². The topological polar surface area (TPSA) is 77.4 Å². The number of hydrogen-bond acceptors (Lipinski definition) is 6. The second-order valence-electron chi connectivity index (χ2n) is 6.87. The van der Waals surface area contributed by atoms with Crippen LogP contribution in [0.4, 0.5) is 0 Å². The van der Waals surface area contributed by atoms with E-state index in [0.29, 0.717) is 0 Å². The van der Waals surface area contributed by atoms with Gasteiger partial charge in [-0.15, -0.1) is 0 Å². The van der Waals surface area contributed by atoms with Crippen LogP contribution < -0.4 is 0 Å². The zero-order valence-corrected chi connectivity index (χ0v) is 13.9. The van der Waals surface area contributed by atoms with Crippen molar-refractivity contribution in [2.24, 2.45) is 0 Å². The smallest absolute Gasteiger partial charge is 0.184 e. The molecule has 1 aliphatic carbocycles. The van der Waals surface area contributed by atoms with Gasteiger partial charge in [-0.2, -0.15) is 0 Å². The zero-order chi connectivity index (χ0) is 17.7. The van der Waals surface area contributed by atoms with Crippen molar-refractivity contribution in [2.75, 3.05) is 0 Å². The summed E-state index contributed by atoms with van der Waals surface area (Å²) in [5, 5.41) is 21.1. The van der Waals surface area contributed by atoms with Gasteiger partial charge in [0.1, 0.15) is 36.6 Å². The molecular formula is C20H20O6. The third-order valence-corrected chi connectivity index (χ3v) is 5.26. The van der Waals surface area contributed by atoms with E-state index < -0.39 is 49.2 Å². The number of aliphatic hydroxyl groups is 2. The quantitative estimate of drug-likeness (QED) is 0.853. The maximum Gasteiger partial charge on any atom is 0.184 e. The standard InChI is InChI=1S/C20H20O6/c21-13-14(22)16-18(26-20(24-16)12-9-5-2-6-10-12)17-15(13)23-19(25-17)11-7-3-1-4-8-11/h1-10,13-22H/t13-,14+,15+,16-,17-,18+,19+,20-. The van der Waals surface area contributed by atoms with Gasteiger partial charge in [-0.05, 0) is 0 Å². The maximum atomic E-state index is 10.5. The highest BCUT2D eigenvalue weighted by molar-refractivity contribution is 5.20. The minimum atomic E-state index is -1.10. The lowest BCUT2D eigenvalue weighted by Gasteiger charge is -2.38. The van der Waals surface area contributed by atoms with Crippen molar-refractivity contribution in [3.8, 4) is 0 Å². The molecule has 136 valence electrons. The van der Waals surface area contributed by atoms with E-state index in [0.717, 1.165) is 11.1 Å². The summed E-state index contributed by atoms with van der Waals surface area (Å²) in [6.45, 7) is 0. The molecule has 6 nitrogen and oxygen atoms in total. The first-order valence-electron chi connectivity index (χ1n) is 8.80. The Morgan fingerprint density at radius 3 is 1.23 bits per heavy atom. The molecule has 5 rings (SSSR count). The Balaban J connectivity index is 1.41. The monoisotopic (exact) mass is 356 g/mol. The zero-order valence-electron chi connectivity index (χ0n) is 13.9. The van der Waals surface area contributed by atoms with E-state index in [1.807, 2.05) is 60.7 Å². The molecule has 1 saturated carbocycles. The molecule has 3 aliphatic rings. The minimum Gasteiger partial charge on any atom is -0.387 e. The van der Waals surface area contributed by atoms with Gasteiger partial charge in [-0.25, -0.2) is 0 Å². The minimum absolute atomic E-state index is 0.516. The second-order valence-corrected chi connectivity index (χ2v) is 6.87. The lowest BCUT2D eigenvalue weighted by Crippen LogP contribution is -2.61. The van der Waals surface area contributed by atoms with Crippen LogP contribution in [0.1, 0.15) is 23.7 Å². The first kappa shape index (κ1) is 16.4. The van der Waals surface area contributed by atoms with E-state index >= 15 is 0 Å². The average molecular weight is 356 g/mol. The Kier molecular flexibility index (Phi) is 4.04. The van der Waals surface area contributed by atoms with Gasteiger partial charge in [0.15, 0.2) is 12.6 Å². The van der Waals surface area contributed by atoms with Gasteiger partial charge < -0.3 is 29.2 Å². The van der Waals surface area contributed by atoms with Crippen LogP contribution in [0.5, 0.6) is 0 Å². The third kappa shape index (κ3) is 2.58. The van der Waals surface area contributed by atoms with Gasteiger partial charge in [-0.1, -0.05) is 60.7 Å². The average Bonchev–Trinajstić information content (AvgIpc) is 3.32. The molecule has 2 N–H and O–H groups in total. The highest BCUT2D eigenvalue weighted by atomic mass is 16.8. The molecule has 26 heavy (non-hydrogen) atoms. The number of aliphatic hydroxyl groups excluding tert-OH is 2. The molecule has 2 heterocycles. The second kappa shape index (κ2) is 6.42. The van der Waals surface area contributed by atoms with Gasteiger partial charge in [-0.3, -0.25) is 0 Å². The molecule has 2 aliphatic heterocycles. The molecule has 2 aromatic rings. The third-order valence-electron chi connectivity index (χ3n) is 5.26. The SMILES string of the molecule is O[C@@H]1[C@H](O)[C@H]2O[C@@H](c3ccccc3)O[C@@H]2[C@@H]2O[C@@H](c3ccccc3)O[C@@H]12.